The zero-order valence-corrected chi connectivity index (χ0v) is 9.81. The Labute approximate surface area is 94.3 Å². The molecule has 0 unspecified atom stereocenters. The van der Waals surface area contributed by atoms with Crippen LogP contribution in [0.2, 0.25) is 0 Å². The third-order valence-electron chi connectivity index (χ3n) is 2.04. The molecular weight excluding hydrogens is 250 g/mol. The van der Waals surface area contributed by atoms with E-state index in [1.807, 2.05) is 0 Å². The van der Waals surface area contributed by atoms with Gasteiger partial charge in [0.15, 0.2) is 9.84 Å². The van der Waals surface area contributed by atoms with Gasteiger partial charge in [-0.25, -0.2) is 8.42 Å². The molecule has 16 heavy (non-hydrogen) atoms. The van der Waals surface area contributed by atoms with E-state index in [1.165, 1.54) is 18.2 Å². The second-order valence-corrected chi connectivity index (χ2v) is 6.30. The lowest BCUT2D eigenvalue weighted by molar-refractivity contribution is 0.602. The highest BCUT2D eigenvalue weighted by Crippen LogP contribution is 2.17. The van der Waals surface area contributed by atoms with Gasteiger partial charge < -0.3 is 0 Å². The van der Waals surface area contributed by atoms with Crippen LogP contribution in [-0.2, 0) is 9.84 Å². The summed E-state index contributed by atoms with van der Waals surface area (Å²) >= 11 is 0.869. The van der Waals surface area contributed by atoms with Gasteiger partial charge in [-0.15, -0.1) is 0 Å². The third-order valence-corrected chi connectivity index (χ3v) is 4.02. The summed E-state index contributed by atoms with van der Waals surface area (Å²) in [5.41, 5.74) is -0.566. The number of hydrogen-bond acceptors (Lipinski definition) is 5. The number of fused-ring (bicyclic) bond motifs is 1. The van der Waals surface area contributed by atoms with E-state index in [0.717, 1.165) is 17.6 Å². The van der Waals surface area contributed by atoms with Gasteiger partial charge in [-0.3, -0.25) is 14.6 Å². The van der Waals surface area contributed by atoms with Gasteiger partial charge in [-0.2, -0.15) is 0 Å². The van der Waals surface area contributed by atoms with Crippen LogP contribution in [0.4, 0.5) is 0 Å². The molecule has 0 atom stereocenters. The van der Waals surface area contributed by atoms with Gasteiger partial charge in [-0.05, 0) is 18.2 Å². The van der Waals surface area contributed by atoms with E-state index in [1.54, 1.807) is 0 Å². The molecule has 0 radical (unpaired) electrons. The molecule has 1 heterocycles. The molecule has 0 saturated carbocycles. The Bertz CT molecular complexity index is 770. The quantitative estimate of drug-likeness (QED) is 0.799. The van der Waals surface area contributed by atoms with Crippen molar-refractivity contribution >= 4 is 31.3 Å². The molecule has 0 fully saturated rings. The Balaban J connectivity index is 2.93. The van der Waals surface area contributed by atoms with Crippen molar-refractivity contribution in [2.75, 3.05) is 6.26 Å². The highest BCUT2D eigenvalue weighted by Gasteiger charge is 2.09. The van der Waals surface area contributed by atoms with Gasteiger partial charge in [0.1, 0.15) is 0 Å². The summed E-state index contributed by atoms with van der Waals surface area (Å²) in [6.07, 6.45) is 1.06. The average Bonchev–Trinajstić information content (AvgIpc) is 2.15. The number of aromatic amines is 1. The first-order chi connectivity index (χ1) is 7.38. The predicted molar refractivity (Wildman–Crippen MR) is 61.8 cm³/mol. The van der Waals surface area contributed by atoms with Gasteiger partial charge in [-0.1, -0.05) is 11.3 Å². The standard InChI is InChI=1S/C9H7NO4S2/c1-16(13,14)5-2-3-7-6(4-5)8(11)10-9(12)15-7/h2-4H,1H3,(H,10,11,12). The molecule has 2 rings (SSSR count). The van der Waals surface area contributed by atoms with E-state index in [9.17, 15) is 18.0 Å². The van der Waals surface area contributed by atoms with Crippen molar-refractivity contribution in [3.8, 4) is 0 Å². The van der Waals surface area contributed by atoms with Crippen LogP contribution in [-0.4, -0.2) is 19.7 Å². The van der Waals surface area contributed by atoms with Gasteiger partial charge >= 0.3 is 4.87 Å². The van der Waals surface area contributed by atoms with Crippen LogP contribution in [0.5, 0.6) is 0 Å². The molecule has 1 N–H and O–H groups in total. The van der Waals surface area contributed by atoms with E-state index < -0.39 is 20.3 Å². The predicted octanol–water partition coefficient (Wildman–Crippen LogP) is 0.353. The lowest BCUT2D eigenvalue weighted by Crippen LogP contribution is -2.16. The van der Waals surface area contributed by atoms with Crippen molar-refractivity contribution in [2.45, 2.75) is 4.90 Å². The largest absolute Gasteiger partial charge is 0.307 e. The lowest BCUT2D eigenvalue weighted by atomic mass is 10.3. The molecule has 0 aliphatic heterocycles. The van der Waals surface area contributed by atoms with E-state index in [-0.39, 0.29) is 10.3 Å². The minimum absolute atomic E-state index is 0.0661. The molecule has 0 aliphatic carbocycles. The van der Waals surface area contributed by atoms with Crippen LogP contribution in [0.1, 0.15) is 0 Å². The molecule has 0 spiro atoms. The van der Waals surface area contributed by atoms with E-state index in [0.29, 0.717) is 4.70 Å². The van der Waals surface area contributed by atoms with Crippen molar-refractivity contribution in [1.29, 1.82) is 0 Å². The van der Waals surface area contributed by atoms with Crippen LogP contribution in [0.25, 0.3) is 10.1 Å². The maximum Gasteiger partial charge on any atom is 0.307 e. The van der Waals surface area contributed by atoms with E-state index in [2.05, 4.69) is 4.98 Å². The maximum atomic E-state index is 11.4. The molecule has 7 heteroatoms. The monoisotopic (exact) mass is 257 g/mol. The Kier molecular flexibility index (Phi) is 2.43. The SMILES string of the molecule is CS(=O)(=O)c1ccc2sc(=O)[nH]c(=O)c2c1. The minimum atomic E-state index is -3.35. The summed E-state index contributed by atoms with van der Waals surface area (Å²) in [4.78, 5) is 24.2. The summed E-state index contributed by atoms with van der Waals surface area (Å²) in [6, 6.07) is 4.12. The van der Waals surface area contributed by atoms with Crippen LogP contribution >= 0.6 is 11.3 Å². The van der Waals surface area contributed by atoms with Gasteiger partial charge in [0.2, 0.25) is 0 Å². The number of nitrogens with one attached hydrogen (secondary N) is 1. The molecule has 0 bridgehead atoms. The highest BCUT2D eigenvalue weighted by molar-refractivity contribution is 7.90. The van der Waals surface area contributed by atoms with Crippen molar-refractivity contribution in [2.24, 2.45) is 0 Å². The smallest absolute Gasteiger partial charge is 0.280 e. The number of H-pyrrole nitrogens is 1. The van der Waals surface area contributed by atoms with Gasteiger partial charge in [0.05, 0.1) is 10.3 Å². The van der Waals surface area contributed by atoms with Gasteiger partial charge in [0.25, 0.3) is 5.56 Å². The zero-order chi connectivity index (χ0) is 11.9. The average molecular weight is 257 g/mol. The fourth-order valence-corrected chi connectivity index (χ4v) is 2.68. The molecule has 1 aromatic carbocycles. The first-order valence-electron chi connectivity index (χ1n) is 4.25. The third kappa shape index (κ3) is 1.91. The first-order valence-corrected chi connectivity index (χ1v) is 6.96. The first kappa shape index (κ1) is 11.0. The lowest BCUT2D eigenvalue weighted by Gasteiger charge is -1.99. The fourth-order valence-electron chi connectivity index (χ4n) is 1.29. The van der Waals surface area contributed by atoms with E-state index in [4.69, 9.17) is 0 Å². The molecular formula is C9H7NO4S2. The normalized spacial score (nSPS) is 11.8. The van der Waals surface area contributed by atoms with Crippen molar-refractivity contribution < 1.29 is 8.42 Å². The van der Waals surface area contributed by atoms with Crippen LogP contribution in [0.15, 0.2) is 32.7 Å². The Morgan fingerprint density at radius 1 is 1.25 bits per heavy atom. The molecule has 84 valence electrons. The number of aromatic nitrogens is 1. The Hall–Kier alpha value is -1.47. The Morgan fingerprint density at radius 2 is 1.94 bits per heavy atom. The van der Waals surface area contributed by atoms with E-state index >= 15 is 0 Å². The maximum absolute atomic E-state index is 11.4. The molecule has 0 aliphatic rings. The Morgan fingerprint density at radius 3 is 2.56 bits per heavy atom. The van der Waals surface area contributed by atoms with Crippen molar-refractivity contribution in [3.63, 3.8) is 0 Å². The number of sulfone groups is 1. The summed E-state index contributed by atoms with van der Waals surface area (Å²) in [7, 11) is -3.35. The summed E-state index contributed by atoms with van der Waals surface area (Å²) in [5, 5.41) is 0.215. The van der Waals surface area contributed by atoms with Crippen molar-refractivity contribution in [1.82, 2.24) is 4.98 Å². The highest BCUT2D eigenvalue weighted by atomic mass is 32.2. The zero-order valence-electron chi connectivity index (χ0n) is 8.18. The molecule has 5 nitrogen and oxygen atoms in total. The van der Waals surface area contributed by atoms with Crippen LogP contribution in [0.3, 0.4) is 0 Å². The minimum Gasteiger partial charge on any atom is -0.280 e. The number of benzene rings is 1. The summed E-state index contributed by atoms with van der Waals surface area (Å²) < 4.78 is 23.0. The van der Waals surface area contributed by atoms with Crippen LogP contribution in [0, 0.1) is 0 Å². The fraction of sp³-hybridized carbons (Fsp3) is 0.111. The number of hydrogen-bond donors (Lipinski definition) is 1. The van der Waals surface area contributed by atoms with Crippen LogP contribution < -0.4 is 10.4 Å². The second kappa shape index (κ2) is 3.53. The molecule has 0 amide bonds. The molecule has 2 aromatic rings. The topological polar surface area (TPSA) is 84.1 Å². The van der Waals surface area contributed by atoms with Crippen molar-refractivity contribution in [3.05, 3.63) is 38.2 Å². The van der Waals surface area contributed by atoms with Gasteiger partial charge in [0, 0.05) is 11.0 Å². The summed E-state index contributed by atoms with van der Waals surface area (Å²) in [6.45, 7) is 0. The molecule has 0 saturated heterocycles. The second-order valence-electron chi connectivity index (χ2n) is 3.27. The summed E-state index contributed by atoms with van der Waals surface area (Å²) in [5.74, 6) is 0. The number of rotatable bonds is 1. The molecule has 1 aromatic heterocycles.